The van der Waals surface area contributed by atoms with Crippen LogP contribution in [0.3, 0.4) is 0 Å². The molecule has 90 valence electrons. The van der Waals surface area contributed by atoms with Crippen LogP contribution in [-0.2, 0) is 14.9 Å². The first-order chi connectivity index (χ1) is 7.42. The molecule has 2 N–H and O–H groups in total. The third kappa shape index (κ3) is 2.54. The lowest BCUT2D eigenvalue weighted by atomic mass is 9.92. The third-order valence-electron chi connectivity index (χ3n) is 2.34. The Bertz CT molecular complexity index is 385. The van der Waals surface area contributed by atoms with Crippen molar-refractivity contribution in [3.05, 3.63) is 16.5 Å². The molecule has 0 aliphatic heterocycles. The fourth-order valence-corrected chi connectivity index (χ4v) is 2.44. The van der Waals surface area contributed by atoms with Gasteiger partial charge in [0.05, 0.1) is 19.3 Å². The Kier molecular flexibility index (Phi) is 3.93. The lowest BCUT2D eigenvalue weighted by molar-refractivity contribution is 0.0602. The highest BCUT2D eigenvalue weighted by molar-refractivity contribution is 7.16. The highest BCUT2D eigenvalue weighted by Crippen LogP contribution is 2.34. The second-order valence-electron chi connectivity index (χ2n) is 4.20. The lowest BCUT2D eigenvalue weighted by Gasteiger charge is -2.21. The monoisotopic (exact) mass is 243 g/mol. The molecule has 1 aromatic heterocycles. The van der Waals surface area contributed by atoms with Gasteiger partial charge in [-0.05, 0) is 6.07 Å². The molecule has 0 radical (unpaired) electrons. The second kappa shape index (κ2) is 4.84. The molecule has 4 nitrogen and oxygen atoms in total. The van der Waals surface area contributed by atoms with Gasteiger partial charge < -0.3 is 15.2 Å². The van der Waals surface area contributed by atoms with Gasteiger partial charge in [-0.15, -0.1) is 11.3 Å². The van der Waals surface area contributed by atoms with Gasteiger partial charge in [-0.2, -0.15) is 0 Å². The van der Waals surface area contributed by atoms with Crippen LogP contribution in [0.5, 0.6) is 0 Å². The number of nitrogens with two attached hydrogens (primary N) is 1. The van der Waals surface area contributed by atoms with Crippen LogP contribution >= 0.6 is 11.3 Å². The van der Waals surface area contributed by atoms with Crippen molar-refractivity contribution in [2.75, 3.05) is 26.6 Å². The molecule has 1 heterocycles. The normalized spacial score (nSPS) is 11.5. The molecule has 1 rings (SSSR count). The molecule has 0 aliphatic rings. The van der Waals surface area contributed by atoms with Gasteiger partial charge in [-0.3, -0.25) is 0 Å². The van der Waals surface area contributed by atoms with E-state index in [-0.39, 0.29) is 5.41 Å². The highest BCUT2D eigenvalue weighted by atomic mass is 32.1. The summed E-state index contributed by atoms with van der Waals surface area (Å²) in [4.78, 5) is 12.4. The molecule has 0 unspecified atom stereocenters. The van der Waals surface area contributed by atoms with Crippen molar-refractivity contribution in [1.29, 1.82) is 0 Å². The number of nitrogen functional groups attached to an aromatic ring is 1. The van der Waals surface area contributed by atoms with Crippen molar-refractivity contribution in [1.82, 2.24) is 0 Å². The standard InChI is InChI=1S/C11H17NO3S/c1-11(2,6-14-3)8-5-7(9(12)16-8)10(13)15-4/h5H,6,12H2,1-4H3. The van der Waals surface area contributed by atoms with Crippen molar-refractivity contribution in [2.45, 2.75) is 19.3 Å². The largest absolute Gasteiger partial charge is 0.465 e. The molecule has 0 amide bonds. The molecule has 5 heteroatoms. The zero-order valence-corrected chi connectivity index (χ0v) is 10.8. The van der Waals surface area contributed by atoms with E-state index in [9.17, 15) is 4.79 Å². The van der Waals surface area contributed by atoms with Crippen molar-refractivity contribution in [3.63, 3.8) is 0 Å². The number of ether oxygens (including phenoxy) is 2. The van der Waals surface area contributed by atoms with Crippen LogP contribution in [0.25, 0.3) is 0 Å². The van der Waals surface area contributed by atoms with Crippen LogP contribution in [-0.4, -0.2) is 26.8 Å². The van der Waals surface area contributed by atoms with Gasteiger partial charge in [0.1, 0.15) is 5.00 Å². The molecule has 0 saturated carbocycles. The molecular formula is C11H17NO3S. The number of hydrogen-bond acceptors (Lipinski definition) is 5. The van der Waals surface area contributed by atoms with E-state index in [4.69, 9.17) is 10.5 Å². The average molecular weight is 243 g/mol. The fraction of sp³-hybridized carbons (Fsp3) is 0.545. The van der Waals surface area contributed by atoms with E-state index in [1.54, 1.807) is 13.2 Å². The van der Waals surface area contributed by atoms with Gasteiger partial charge in [0.2, 0.25) is 0 Å². The summed E-state index contributed by atoms with van der Waals surface area (Å²) in [6, 6.07) is 1.78. The van der Waals surface area contributed by atoms with Crippen molar-refractivity contribution in [3.8, 4) is 0 Å². The van der Waals surface area contributed by atoms with Crippen LogP contribution in [0.1, 0.15) is 29.1 Å². The summed E-state index contributed by atoms with van der Waals surface area (Å²) in [6.45, 7) is 4.67. The molecular weight excluding hydrogens is 226 g/mol. The fourth-order valence-electron chi connectivity index (χ4n) is 1.44. The quantitative estimate of drug-likeness (QED) is 0.822. The molecule has 0 aliphatic carbocycles. The second-order valence-corrected chi connectivity index (χ2v) is 5.28. The topological polar surface area (TPSA) is 61.5 Å². The van der Waals surface area contributed by atoms with E-state index >= 15 is 0 Å². The van der Waals surface area contributed by atoms with Gasteiger partial charge in [-0.25, -0.2) is 4.79 Å². The predicted octanol–water partition coefficient (Wildman–Crippen LogP) is 2.04. The maximum atomic E-state index is 11.4. The van der Waals surface area contributed by atoms with Crippen molar-refractivity contribution < 1.29 is 14.3 Å². The Morgan fingerprint density at radius 2 is 2.12 bits per heavy atom. The summed E-state index contributed by atoms with van der Waals surface area (Å²) in [5.41, 5.74) is 6.07. The Morgan fingerprint density at radius 3 is 2.62 bits per heavy atom. The molecule has 1 aromatic rings. The van der Waals surface area contributed by atoms with E-state index in [1.165, 1.54) is 18.4 Å². The summed E-state index contributed by atoms with van der Waals surface area (Å²) >= 11 is 1.40. The van der Waals surface area contributed by atoms with Crippen LogP contribution in [0.2, 0.25) is 0 Å². The number of methoxy groups -OCH3 is 2. The average Bonchev–Trinajstić information content (AvgIpc) is 2.60. The van der Waals surface area contributed by atoms with Crippen LogP contribution in [0.4, 0.5) is 5.00 Å². The molecule has 0 fully saturated rings. The molecule has 0 aromatic carbocycles. The number of anilines is 1. The summed E-state index contributed by atoms with van der Waals surface area (Å²) < 4.78 is 9.81. The summed E-state index contributed by atoms with van der Waals surface area (Å²) in [7, 11) is 3.00. The smallest absolute Gasteiger partial charge is 0.340 e. The number of esters is 1. The molecule has 16 heavy (non-hydrogen) atoms. The number of carbonyl (C=O) groups is 1. The van der Waals surface area contributed by atoms with Crippen molar-refractivity contribution in [2.24, 2.45) is 0 Å². The van der Waals surface area contributed by atoms with Crippen LogP contribution in [0.15, 0.2) is 6.07 Å². The summed E-state index contributed by atoms with van der Waals surface area (Å²) in [5, 5.41) is 0.492. The van der Waals surface area contributed by atoms with Gasteiger partial charge in [-0.1, -0.05) is 13.8 Å². The number of rotatable bonds is 4. The molecule has 0 atom stereocenters. The van der Waals surface area contributed by atoms with Crippen molar-refractivity contribution >= 4 is 22.3 Å². The van der Waals surface area contributed by atoms with Gasteiger partial charge >= 0.3 is 5.97 Å². The summed E-state index contributed by atoms with van der Waals surface area (Å²) in [5.74, 6) is -0.395. The van der Waals surface area contributed by atoms with E-state index < -0.39 is 5.97 Å². The first kappa shape index (κ1) is 13.0. The van der Waals surface area contributed by atoms with Gasteiger partial charge in [0.25, 0.3) is 0 Å². The van der Waals surface area contributed by atoms with Crippen LogP contribution in [0, 0.1) is 0 Å². The minimum absolute atomic E-state index is 0.153. The minimum atomic E-state index is -0.395. The SMILES string of the molecule is COCC(C)(C)c1cc(C(=O)OC)c(N)s1. The Morgan fingerprint density at radius 1 is 1.50 bits per heavy atom. The zero-order chi connectivity index (χ0) is 12.3. The number of carbonyl (C=O) groups excluding carboxylic acids is 1. The Labute approximate surface area is 99.4 Å². The molecule has 0 bridgehead atoms. The van der Waals surface area contributed by atoms with Gasteiger partial charge in [0, 0.05) is 17.4 Å². The van der Waals surface area contributed by atoms with E-state index in [2.05, 4.69) is 4.74 Å². The maximum absolute atomic E-state index is 11.4. The van der Waals surface area contributed by atoms with E-state index in [1.807, 2.05) is 13.8 Å². The lowest BCUT2D eigenvalue weighted by Crippen LogP contribution is -2.22. The molecule has 0 spiro atoms. The maximum Gasteiger partial charge on any atom is 0.340 e. The minimum Gasteiger partial charge on any atom is -0.465 e. The predicted molar refractivity (Wildman–Crippen MR) is 65.0 cm³/mol. The van der Waals surface area contributed by atoms with E-state index in [0.29, 0.717) is 17.2 Å². The Hall–Kier alpha value is -1.07. The highest BCUT2D eigenvalue weighted by Gasteiger charge is 2.26. The summed E-state index contributed by atoms with van der Waals surface area (Å²) in [6.07, 6.45) is 0. The van der Waals surface area contributed by atoms with Crippen LogP contribution < -0.4 is 5.73 Å². The zero-order valence-electron chi connectivity index (χ0n) is 9.99. The third-order valence-corrected chi connectivity index (χ3v) is 3.67. The molecule has 0 saturated heterocycles. The first-order valence-electron chi connectivity index (χ1n) is 4.89. The van der Waals surface area contributed by atoms with Gasteiger partial charge in [0.15, 0.2) is 0 Å². The Balaban J connectivity index is 3.05. The number of hydrogen-bond donors (Lipinski definition) is 1. The first-order valence-corrected chi connectivity index (χ1v) is 5.71. The van der Waals surface area contributed by atoms with E-state index in [0.717, 1.165) is 4.88 Å². The number of thiophene rings is 1.